The average molecular weight is 415 g/mol. The minimum Gasteiger partial charge on any atom is -0.289 e. The molecule has 3 rings (SSSR count). The Hall–Kier alpha value is -2.81. The highest BCUT2D eigenvalue weighted by molar-refractivity contribution is 6.21. The van der Waals surface area contributed by atoms with E-state index in [9.17, 15) is 4.79 Å². The fourth-order valence-corrected chi connectivity index (χ4v) is 3.83. The number of benzene rings is 1. The van der Waals surface area contributed by atoms with E-state index in [0.717, 1.165) is 33.8 Å². The van der Waals surface area contributed by atoms with E-state index in [1.807, 2.05) is 54.6 Å². The van der Waals surface area contributed by atoms with Gasteiger partial charge in [-0.2, -0.15) is 0 Å². The van der Waals surface area contributed by atoms with Crippen LogP contribution in [0.2, 0.25) is 0 Å². The fourth-order valence-electron chi connectivity index (χ4n) is 3.83. The molecule has 0 bridgehead atoms. The summed E-state index contributed by atoms with van der Waals surface area (Å²) in [7, 11) is 0. The molecule has 0 aliphatic heterocycles. The zero-order valence-corrected chi connectivity index (χ0v) is 20.1. The van der Waals surface area contributed by atoms with Gasteiger partial charge in [0.1, 0.15) is 0 Å². The van der Waals surface area contributed by atoms with Gasteiger partial charge in [-0.15, -0.1) is 0 Å². The Kier molecular flexibility index (Phi) is 5.92. The molecule has 2 aliphatic rings. The van der Waals surface area contributed by atoms with E-state index >= 15 is 0 Å². The van der Waals surface area contributed by atoms with E-state index in [2.05, 4.69) is 61.5 Å². The lowest BCUT2D eigenvalue weighted by Crippen LogP contribution is -2.35. The zero-order chi connectivity index (χ0) is 23.0. The molecule has 0 spiro atoms. The van der Waals surface area contributed by atoms with Crippen molar-refractivity contribution in [3.05, 3.63) is 77.4 Å². The van der Waals surface area contributed by atoms with E-state index in [0.29, 0.717) is 0 Å². The second kappa shape index (κ2) is 8.03. The first-order chi connectivity index (χ1) is 14.3. The van der Waals surface area contributed by atoms with E-state index in [1.165, 1.54) is 0 Å². The number of ketones is 1. The lowest BCUT2D eigenvalue weighted by molar-refractivity contribution is -0.114. The first-order valence-corrected chi connectivity index (χ1v) is 10.9. The molecule has 0 atom stereocenters. The van der Waals surface area contributed by atoms with Crippen LogP contribution in [0.1, 0.15) is 55.4 Å². The average Bonchev–Trinajstić information content (AvgIpc) is 2.65. The van der Waals surface area contributed by atoms with Crippen LogP contribution in [0.5, 0.6) is 0 Å². The number of carbonyl (C=O) groups is 1. The largest absolute Gasteiger partial charge is 0.289 e. The van der Waals surface area contributed by atoms with Crippen LogP contribution >= 0.6 is 0 Å². The number of allylic oxidation sites excluding steroid dienone is 6. The van der Waals surface area contributed by atoms with Crippen LogP contribution in [0.3, 0.4) is 0 Å². The van der Waals surface area contributed by atoms with Crippen LogP contribution in [0.25, 0.3) is 0 Å². The molecule has 0 saturated heterocycles. The van der Waals surface area contributed by atoms with Gasteiger partial charge in [-0.05, 0) is 72.8 Å². The highest BCUT2D eigenvalue weighted by Crippen LogP contribution is 2.41. The Morgan fingerprint density at radius 1 is 0.839 bits per heavy atom. The number of hydrogen-bond donors (Lipinski definition) is 0. The summed E-state index contributed by atoms with van der Waals surface area (Å²) in [6, 6.07) is 9.94. The molecule has 162 valence electrons. The Morgan fingerprint density at radius 3 is 1.87 bits per heavy atom. The molecule has 1 aromatic rings. The van der Waals surface area contributed by atoms with Crippen molar-refractivity contribution in [1.82, 2.24) is 0 Å². The van der Waals surface area contributed by atoms with E-state index in [1.54, 1.807) is 0 Å². The van der Waals surface area contributed by atoms with Gasteiger partial charge < -0.3 is 0 Å². The van der Waals surface area contributed by atoms with Gasteiger partial charge in [-0.3, -0.25) is 9.79 Å². The summed E-state index contributed by atoms with van der Waals surface area (Å²) in [6.45, 7) is 16.7. The molecule has 0 saturated carbocycles. The number of rotatable bonds is 2. The maximum Gasteiger partial charge on any atom is 0.185 e. The van der Waals surface area contributed by atoms with Crippen molar-refractivity contribution >= 4 is 22.9 Å². The monoisotopic (exact) mass is 414 g/mol. The van der Waals surface area contributed by atoms with Crippen molar-refractivity contribution in [1.29, 1.82) is 0 Å². The van der Waals surface area contributed by atoms with Crippen LogP contribution < -0.4 is 0 Å². The Balaban J connectivity index is 2.03. The molecule has 0 fully saturated rings. The van der Waals surface area contributed by atoms with Gasteiger partial charge in [-0.1, -0.05) is 59.7 Å². The predicted molar refractivity (Wildman–Crippen MR) is 132 cm³/mol. The van der Waals surface area contributed by atoms with Crippen LogP contribution in [-0.2, 0) is 4.79 Å². The SMILES string of the molecule is CC1=CC(=Nc2ccccc2)C=CC1=NC1(C)C=C(C(C)(C)C)C(=O)C(C(C)(C)C)=C1. The molecule has 2 aliphatic carbocycles. The maximum absolute atomic E-state index is 13.3. The second-order valence-corrected chi connectivity index (χ2v) is 10.7. The molecule has 0 aromatic heterocycles. The molecule has 3 nitrogen and oxygen atoms in total. The Labute approximate surface area is 187 Å². The van der Waals surface area contributed by atoms with Crippen LogP contribution in [0.4, 0.5) is 5.69 Å². The number of hydrogen-bond acceptors (Lipinski definition) is 3. The first kappa shape index (κ1) is 22.9. The van der Waals surface area contributed by atoms with Gasteiger partial charge in [0.05, 0.1) is 22.6 Å². The molecule has 0 radical (unpaired) electrons. The molecular formula is C28H34N2O. The molecule has 1 aromatic carbocycles. The van der Waals surface area contributed by atoms with E-state index in [4.69, 9.17) is 9.98 Å². The molecule has 31 heavy (non-hydrogen) atoms. The summed E-state index contributed by atoms with van der Waals surface area (Å²) in [5.41, 5.74) is 4.41. The summed E-state index contributed by atoms with van der Waals surface area (Å²) in [5, 5.41) is 0. The minimum absolute atomic E-state index is 0.140. The third-order valence-electron chi connectivity index (χ3n) is 5.53. The molecule has 0 N–H and O–H groups in total. The minimum atomic E-state index is -0.581. The third kappa shape index (κ3) is 5.28. The quantitative estimate of drug-likeness (QED) is 0.480. The van der Waals surface area contributed by atoms with Crippen molar-refractivity contribution < 1.29 is 4.79 Å². The molecule has 0 unspecified atom stereocenters. The van der Waals surface area contributed by atoms with Gasteiger partial charge >= 0.3 is 0 Å². The van der Waals surface area contributed by atoms with Crippen molar-refractivity contribution in [3.63, 3.8) is 0 Å². The molecule has 0 amide bonds. The van der Waals surface area contributed by atoms with Gasteiger partial charge in [0.2, 0.25) is 0 Å². The highest BCUT2D eigenvalue weighted by Gasteiger charge is 2.39. The lowest BCUT2D eigenvalue weighted by atomic mass is 9.69. The summed E-state index contributed by atoms with van der Waals surface area (Å²) >= 11 is 0. The van der Waals surface area contributed by atoms with Gasteiger partial charge in [0, 0.05) is 11.1 Å². The molecule has 3 heteroatoms. The zero-order valence-electron chi connectivity index (χ0n) is 20.1. The molecule has 0 heterocycles. The van der Waals surface area contributed by atoms with E-state index < -0.39 is 5.54 Å². The van der Waals surface area contributed by atoms with Crippen molar-refractivity contribution in [2.45, 2.75) is 60.9 Å². The van der Waals surface area contributed by atoms with Crippen molar-refractivity contribution in [3.8, 4) is 0 Å². The van der Waals surface area contributed by atoms with Crippen molar-refractivity contribution in [2.75, 3.05) is 0 Å². The number of nitrogens with zero attached hydrogens (tertiary/aromatic N) is 2. The van der Waals surface area contributed by atoms with Crippen LogP contribution in [0.15, 0.2) is 87.4 Å². The smallest absolute Gasteiger partial charge is 0.185 e. The van der Waals surface area contributed by atoms with Crippen LogP contribution in [0, 0.1) is 10.8 Å². The topological polar surface area (TPSA) is 41.8 Å². The van der Waals surface area contributed by atoms with Crippen LogP contribution in [-0.4, -0.2) is 22.7 Å². The molecular weight excluding hydrogens is 380 g/mol. The second-order valence-electron chi connectivity index (χ2n) is 10.7. The van der Waals surface area contributed by atoms with Gasteiger partial charge in [-0.25, -0.2) is 4.99 Å². The maximum atomic E-state index is 13.3. The highest BCUT2D eigenvalue weighted by atomic mass is 16.1. The standard InChI is InChI=1S/C28H34N2O/c1-19-16-21(29-20-12-10-9-11-13-20)14-15-24(19)30-28(8)17-22(26(2,3)4)25(31)23(18-28)27(5,6)7/h9-18H,1-8H3. The van der Waals surface area contributed by atoms with Gasteiger partial charge in [0.25, 0.3) is 0 Å². The van der Waals surface area contributed by atoms with E-state index in [-0.39, 0.29) is 16.6 Å². The Bertz CT molecular complexity index is 1030. The number of carbonyl (C=O) groups excluding carboxylic acids is 1. The number of aliphatic imine (C=N–C) groups is 2. The van der Waals surface area contributed by atoms with Crippen molar-refractivity contribution in [2.24, 2.45) is 20.8 Å². The predicted octanol–water partition coefficient (Wildman–Crippen LogP) is 7.00. The lowest BCUT2D eigenvalue weighted by Gasteiger charge is -2.36. The fraction of sp³-hybridized carbons (Fsp3) is 0.393. The normalized spacial score (nSPS) is 21.8. The third-order valence-corrected chi connectivity index (χ3v) is 5.53. The summed E-state index contributed by atoms with van der Waals surface area (Å²) in [4.78, 5) is 23.1. The van der Waals surface area contributed by atoms with Gasteiger partial charge in [0.15, 0.2) is 5.78 Å². The Morgan fingerprint density at radius 2 is 1.39 bits per heavy atom. The number of para-hydroxylation sites is 1. The number of Topliss-reactive ketones (excluding diaryl/α,β-unsaturated/α-hetero) is 1. The first-order valence-electron chi connectivity index (χ1n) is 10.9. The summed E-state index contributed by atoms with van der Waals surface area (Å²) in [6.07, 6.45) is 10.2. The summed E-state index contributed by atoms with van der Waals surface area (Å²) < 4.78 is 0. The summed E-state index contributed by atoms with van der Waals surface area (Å²) in [5.74, 6) is 0.140.